The average Bonchev–Trinajstić information content (AvgIpc) is 2.76. The summed E-state index contributed by atoms with van der Waals surface area (Å²) in [6.07, 6.45) is 2.65. The van der Waals surface area contributed by atoms with Gasteiger partial charge in [0.15, 0.2) is 0 Å². The molecule has 0 radical (unpaired) electrons. The molecule has 2 aromatic carbocycles. The van der Waals surface area contributed by atoms with E-state index >= 15 is 0 Å². The number of hydrogen-bond donors (Lipinski definition) is 1. The number of hydrogen-bond acceptors (Lipinski definition) is 5. The van der Waals surface area contributed by atoms with Gasteiger partial charge in [-0.15, -0.1) is 0 Å². The van der Waals surface area contributed by atoms with Crippen LogP contribution in [0.5, 0.6) is 0 Å². The Labute approximate surface area is 187 Å². The lowest BCUT2D eigenvalue weighted by atomic mass is 10.1. The minimum absolute atomic E-state index is 0.0401. The zero-order chi connectivity index (χ0) is 22.6. The van der Waals surface area contributed by atoms with Crippen molar-refractivity contribution >= 4 is 39.2 Å². The molecule has 0 spiro atoms. The minimum Gasteiger partial charge on any atom is -0.462 e. The van der Waals surface area contributed by atoms with Crippen LogP contribution in [0.2, 0.25) is 5.02 Å². The minimum atomic E-state index is -3.69. The fourth-order valence-corrected chi connectivity index (χ4v) is 5.18. The molecule has 31 heavy (non-hydrogen) atoms. The van der Waals surface area contributed by atoms with Crippen molar-refractivity contribution in [3.63, 3.8) is 0 Å². The van der Waals surface area contributed by atoms with E-state index in [0.29, 0.717) is 29.9 Å². The lowest BCUT2D eigenvalue weighted by Gasteiger charge is -2.26. The Bertz CT molecular complexity index is 1100. The summed E-state index contributed by atoms with van der Waals surface area (Å²) in [7, 11) is -3.69. The quantitative estimate of drug-likeness (QED) is 0.645. The summed E-state index contributed by atoms with van der Waals surface area (Å²) in [6.45, 7) is 4.68. The number of piperidine rings is 1. The van der Waals surface area contributed by atoms with Crippen LogP contribution in [0.3, 0.4) is 0 Å². The van der Waals surface area contributed by atoms with Crippen molar-refractivity contribution in [2.24, 2.45) is 0 Å². The molecule has 0 atom stereocenters. The molecular weight excluding hydrogens is 440 g/mol. The van der Waals surface area contributed by atoms with E-state index in [9.17, 15) is 18.0 Å². The van der Waals surface area contributed by atoms with E-state index in [4.69, 9.17) is 16.3 Å². The average molecular weight is 465 g/mol. The predicted molar refractivity (Wildman–Crippen MR) is 119 cm³/mol. The molecule has 1 fully saturated rings. The van der Waals surface area contributed by atoms with Crippen molar-refractivity contribution in [1.29, 1.82) is 0 Å². The zero-order valence-electron chi connectivity index (χ0n) is 17.5. The first kappa shape index (κ1) is 23.2. The van der Waals surface area contributed by atoms with Gasteiger partial charge in [-0.3, -0.25) is 4.79 Å². The first-order valence-corrected chi connectivity index (χ1v) is 11.9. The number of ether oxygens (including phenoxy) is 1. The molecule has 9 heteroatoms. The largest absolute Gasteiger partial charge is 0.462 e. The summed E-state index contributed by atoms with van der Waals surface area (Å²) in [5.41, 5.74) is 1.59. The highest BCUT2D eigenvalue weighted by atomic mass is 35.5. The molecule has 0 bridgehead atoms. The van der Waals surface area contributed by atoms with Crippen molar-refractivity contribution in [3.8, 4) is 0 Å². The van der Waals surface area contributed by atoms with Crippen LogP contribution in [-0.4, -0.2) is 44.3 Å². The topological polar surface area (TPSA) is 92.8 Å². The van der Waals surface area contributed by atoms with E-state index in [0.717, 1.165) is 19.3 Å². The van der Waals surface area contributed by atoms with Gasteiger partial charge in [0.1, 0.15) is 0 Å². The van der Waals surface area contributed by atoms with Crippen molar-refractivity contribution in [1.82, 2.24) is 4.31 Å². The van der Waals surface area contributed by atoms with Gasteiger partial charge in [-0.05, 0) is 68.7 Å². The monoisotopic (exact) mass is 464 g/mol. The SMILES string of the molecule is CCOC(=O)c1ccc(NC(=O)c2cc(S(=O)(=O)N3CCCCC3)ccc2Cl)c(C)c1. The first-order chi connectivity index (χ1) is 14.7. The van der Waals surface area contributed by atoms with Gasteiger partial charge in [-0.25, -0.2) is 13.2 Å². The molecule has 3 rings (SSSR count). The predicted octanol–water partition coefficient (Wildman–Crippen LogP) is 4.25. The number of anilines is 1. The molecule has 0 saturated carbocycles. The van der Waals surface area contributed by atoms with Gasteiger partial charge in [0.25, 0.3) is 5.91 Å². The van der Waals surface area contributed by atoms with Gasteiger partial charge in [0.2, 0.25) is 10.0 Å². The third-order valence-corrected chi connectivity index (χ3v) is 7.35. The summed E-state index contributed by atoms with van der Waals surface area (Å²) in [4.78, 5) is 24.8. The van der Waals surface area contributed by atoms with Crippen LogP contribution in [0.15, 0.2) is 41.3 Å². The third-order valence-electron chi connectivity index (χ3n) is 5.12. The molecule has 0 aromatic heterocycles. The van der Waals surface area contributed by atoms with E-state index in [2.05, 4.69) is 5.32 Å². The lowest BCUT2D eigenvalue weighted by molar-refractivity contribution is 0.0526. The Kier molecular flexibility index (Phi) is 7.35. The summed E-state index contributed by atoms with van der Waals surface area (Å²) in [5.74, 6) is -0.977. The molecule has 1 aliphatic heterocycles. The fourth-order valence-electron chi connectivity index (χ4n) is 3.43. The molecule has 1 heterocycles. The Balaban J connectivity index is 1.84. The first-order valence-electron chi connectivity index (χ1n) is 10.1. The Morgan fingerprint density at radius 2 is 1.81 bits per heavy atom. The maximum absolute atomic E-state index is 12.9. The molecule has 1 aliphatic rings. The summed E-state index contributed by atoms with van der Waals surface area (Å²) in [6, 6.07) is 8.92. The second kappa shape index (κ2) is 9.80. The van der Waals surface area contributed by atoms with E-state index in [1.54, 1.807) is 32.0 Å². The normalized spacial score (nSPS) is 14.8. The number of carbonyl (C=O) groups is 2. The number of sulfonamides is 1. The zero-order valence-corrected chi connectivity index (χ0v) is 19.1. The van der Waals surface area contributed by atoms with E-state index in [1.807, 2.05) is 0 Å². The Morgan fingerprint density at radius 3 is 2.45 bits per heavy atom. The van der Waals surface area contributed by atoms with Gasteiger partial charge < -0.3 is 10.1 Å². The van der Waals surface area contributed by atoms with Crippen LogP contribution in [0.1, 0.15) is 52.5 Å². The van der Waals surface area contributed by atoms with E-state index in [-0.39, 0.29) is 22.1 Å². The Morgan fingerprint density at radius 1 is 1.10 bits per heavy atom. The molecule has 0 aliphatic carbocycles. The summed E-state index contributed by atoms with van der Waals surface area (Å²) in [5, 5.41) is 2.89. The van der Waals surface area contributed by atoms with E-state index < -0.39 is 21.9 Å². The molecule has 1 N–H and O–H groups in total. The second-order valence-electron chi connectivity index (χ2n) is 7.31. The van der Waals surface area contributed by atoms with Crippen molar-refractivity contribution in [3.05, 3.63) is 58.1 Å². The van der Waals surface area contributed by atoms with Gasteiger partial charge in [0, 0.05) is 18.8 Å². The number of carbonyl (C=O) groups excluding carboxylic acids is 2. The van der Waals surface area contributed by atoms with Crippen LogP contribution in [0.4, 0.5) is 5.69 Å². The molecule has 0 unspecified atom stereocenters. The lowest BCUT2D eigenvalue weighted by Crippen LogP contribution is -2.35. The smallest absolute Gasteiger partial charge is 0.338 e. The van der Waals surface area contributed by atoms with Crippen LogP contribution in [-0.2, 0) is 14.8 Å². The van der Waals surface area contributed by atoms with Crippen molar-refractivity contribution in [2.45, 2.75) is 38.0 Å². The number of nitrogens with zero attached hydrogens (tertiary/aromatic N) is 1. The number of benzene rings is 2. The van der Waals surface area contributed by atoms with Crippen LogP contribution >= 0.6 is 11.6 Å². The number of halogens is 1. The molecular formula is C22H25ClN2O5S. The number of esters is 1. The van der Waals surface area contributed by atoms with Crippen molar-refractivity contribution in [2.75, 3.05) is 25.0 Å². The molecule has 2 aromatic rings. The van der Waals surface area contributed by atoms with Gasteiger partial charge >= 0.3 is 5.97 Å². The van der Waals surface area contributed by atoms with Gasteiger partial charge in [-0.1, -0.05) is 18.0 Å². The second-order valence-corrected chi connectivity index (χ2v) is 9.66. The molecule has 1 saturated heterocycles. The third kappa shape index (κ3) is 5.26. The summed E-state index contributed by atoms with van der Waals surface area (Å²) >= 11 is 6.20. The van der Waals surface area contributed by atoms with Gasteiger partial charge in [0.05, 0.1) is 27.7 Å². The highest BCUT2D eigenvalue weighted by molar-refractivity contribution is 7.89. The maximum atomic E-state index is 12.9. The van der Waals surface area contributed by atoms with Crippen molar-refractivity contribution < 1.29 is 22.7 Å². The maximum Gasteiger partial charge on any atom is 0.338 e. The molecule has 7 nitrogen and oxygen atoms in total. The highest BCUT2D eigenvalue weighted by Gasteiger charge is 2.27. The van der Waals surface area contributed by atoms with Crippen LogP contribution < -0.4 is 5.32 Å². The number of rotatable bonds is 6. The Hall–Kier alpha value is -2.42. The summed E-state index contributed by atoms with van der Waals surface area (Å²) < 4.78 is 32.3. The van der Waals surface area contributed by atoms with E-state index in [1.165, 1.54) is 22.5 Å². The van der Waals surface area contributed by atoms with Crippen LogP contribution in [0, 0.1) is 6.92 Å². The van der Waals surface area contributed by atoms with Gasteiger partial charge in [-0.2, -0.15) is 4.31 Å². The standard InChI is InChI=1S/C22H25ClN2O5S/c1-3-30-22(27)16-7-10-20(15(2)13-16)24-21(26)18-14-17(8-9-19(18)23)31(28,29)25-11-5-4-6-12-25/h7-10,13-14H,3-6,11-12H2,1-2H3,(H,24,26). The molecule has 1 amide bonds. The van der Waals surface area contributed by atoms with Crippen LogP contribution in [0.25, 0.3) is 0 Å². The highest BCUT2D eigenvalue weighted by Crippen LogP contribution is 2.26. The number of amides is 1. The number of aryl methyl sites for hydroxylation is 1. The number of nitrogens with one attached hydrogen (secondary N) is 1. The fraction of sp³-hybridized carbons (Fsp3) is 0.364. The molecule has 166 valence electrons.